The Bertz CT molecular complexity index is 298. The Kier molecular flexibility index (Phi) is 4.84. The third-order valence-electron chi connectivity index (χ3n) is 2.30. The Morgan fingerprint density at radius 2 is 1.87 bits per heavy atom. The highest BCUT2D eigenvalue weighted by molar-refractivity contribution is 5.76. The van der Waals surface area contributed by atoms with Gasteiger partial charge in [-0.05, 0) is 18.4 Å². The normalized spacial score (nSPS) is 10.5. The zero-order chi connectivity index (χ0) is 11.1. The lowest BCUT2D eigenvalue weighted by molar-refractivity contribution is 0.307. The number of benzene rings is 1. The van der Waals surface area contributed by atoms with Gasteiger partial charge in [-0.3, -0.25) is 5.41 Å². The van der Waals surface area contributed by atoms with E-state index < -0.39 is 0 Å². The molecule has 0 aromatic heterocycles. The number of rotatable bonds is 6. The predicted octanol–water partition coefficient (Wildman–Crippen LogP) is 1.71. The molecular formula is C12H17N2O. The minimum absolute atomic E-state index is 0.0713. The predicted molar refractivity (Wildman–Crippen MR) is 61.6 cm³/mol. The Morgan fingerprint density at radius 1 is 1.20 bits per heavy atom. The summed E-state index contributed by atoms with van der Waals surface area (Å²) in [5.74, 6) is 1.22. The average molecular weight is 205 g/mol. The molecule has 3 nitrogen and oxygen atoms in total. The minimum atomic E-state index is 0.0713. The summed E-state index contributed by atoms with van der Waals surface area (Å²) in [6.45, 7) is 0.0713. The van der Waals surface area contributed by atoms with Crippen LogP contribution in [0.25, 0.3) is 0 Å². The van der Waals surface area contributed by atoms with E-state index in [1.165, 1.54) is 0 Å². The van der Waals surface area contributed by atoms with Crippen LogP contribution < -0.4 is 5.73 Å². The number of aliphatic hydroxyl groups is 1. The van der Waals surface area contributed by atoms with Crippen LogP contribution in [0.2, 0.25) is 0 Å². The molecular weight excluding hydrogens is 188 g/mol. The van der Waals surface area contributed by atoms with E-state index in [1.54, 1.807) is 0 Å². The fourth-order valence-corrected chi connectivity index (χ4v) is 1.48. The Morgan fingerprint density at radius 3 is 2.40 bits per heavy atom. The van der Waals surface area contributed by atoms with Crippen LogP contribution >= 0.6 is 0 Å². The summed E-state index contributed by atoms with van der Waals surface area (Å²) < 4.78 is 0. The Labute approximate surface area is 90.4 Å². The summed E-state index contributed by atoms with van der Waals surface area (Å²) in [6.07, 6.45) is 2.20. The molecule has 1 aromatic rings. The number of amidine groups is 1. The third kappa shape index (κ3) is 4.13. The van der Waals surface area contributed by atoms with Gasteiger partial charge < -0.3 is 10.8 Å². The largest absolute Gasteiger partial charge is 0.395 e. The molecule has 0 bridgehead atoms. The Hall–Kier alpha value is -1.35. The summed E-state index contributed by atoms with van der Waals surface area (Å²) in [5.41, 5.74) is 6.34. The molecule has 0 aliphatic carbocycles. The van der Waals surface area contributed by atoms with E-state index in [-0.39, 0.29) is 12.4 Å². The first-order chi connectivity index (χ1) is 7.24. The van der Waals surface area contributed by atoms with Crippen molar-refractivity contribution in [2.75, 3.05) is 6.61 Å². The van der Waals surface area contributed by atoms with Crippen molar-refractivity contribution in [3.8, 4) is 0 Å². The van der Waals surface area contributed by atoms with Crippen molar-refractivity contribution in [3.05, 3.63) is 41.8 Å². The first-order valence-corrected chi connectivity index (χ1v) is 5.08. The van der Waals surface area contributed by atoms with Crippen molar-refractivity contribution in [1.82, 2.24) is 0 Å². The van der Waals surface area contributed by atoms with Gasteiger partial charge in [0.2, 0.25) is 0 Å². The van der Waals surface area contributed by atoms with Gasteiger partial charge in [0.15, 0.2) is 0 Å². The molecule has 0 unspecified atom stereocenters. The lowest BCUT2D eigenvalue weighted by atomic mass is 9.94. The second-order valence-corrected chi connectivity index (χ2v) is 3.51. The van der Waals surface area contributed by atoms with Crippen molar-refractivity contribution in [2.45, 2.75) is 19.3 Å². The number of nitrogens with two attached hydrogens (primary N) is 1. The Balaban J connectivity index is 2.46. The van der Waals surface area contributed by atoms with Gasteiger partial charge in [-0.1, -0.05) is 30.3 Å². The first kappa shape index (κ1) is 11.7. The third-order valence-corrected chi connectivity index (χ3v) is 2.30. The van der Waals surface area contributed by atoms with Gasteiger partial charge in [-0.2, -0.15) is 0 Å². The van der Waals surface area contributed by atoms with Crippen molar-refractivity contribution >= 4 is 5.84 Å². The zero-order valence-corrected chi connectivity index (χ0v) is 8.74. The van der Waals surface area contributed by atoms with Crippen LogP contribution in [0, 0.1) is 11.3 Å². The maximum atomic E-state index is 9.22. The molecule has 0 heterocycles. The van der Waals surface area contributed by atoms with Crippen LogP contribution in [0.3, 0.4) is 0 Å². The van der Waals surface area contributed by atoms with Gasteiger partial charge >= 0.3 is 0 Å². The van der Waals surface area contributed by atoms with E-state index in [2.05, 4.69) is 0 Å². The minimum Gasteiger partial charge on any atom is -0.395 e. The summed E-state index contributed by atoms with van der Waals surface area (Å²) >= 11 is 0. The zero-order valence-electron chi connectivity index (χ0n) is 8.74. The second-order valence-electron chi connectivity index (χ2n) is 3.51. The lowest BCUT2D eigenvalue weighted by Crippen LogP contribution is -2.11. The molecule has 0 spiro atoms. The highest BCUT2D eigenvalue weighted by Gasteiger charge is 2.10. The maximum Gasteiger partial charge on any atom is 0.0905 e. The van der Waals surface area contributed by atoms with Gasteiger partial charge in [0.05, 0.1) is 12.4 Å². The van der Waals surface area contributed by atoms with E-state index >= 15 is 0 Å². The highest BCUT2D eigenvalue weighted by Crippen LogP contribution is 2.19. The van der Waals surface area contributed by atoms with Crippen molar-refractivity contribution in [1.29, 1.82) is 5.41 Å². The first-order valence-electron chi connectivity index (χ1n) is 5.08. The number of hydrogen-bond acceptors (Lipinski definition) is 2. The van der Waals surface area contributed by atoms with Gasteiger partial charge in [0, 0.05) is 12.3 Å². The molecule has 0 amide bonds. The van der Waals surface area contributed by atoms with Crippen molar-refractivity contribution in [2.24, 2.45) is 5.73 Å². The summed E-state index contributed by atoms with van der Waals surface area (Å²) in [4.78, 5) is 0. The fraction of sp³-hybridized carbons (Fsp3) is 0.333. The SMILES string of the molecule is N=C(N)CCC[C](CO)c1ccccc1. The van der Waals surface area contributed by atoms with E-state index in [9.17, 15) is 5.11 Å². The molecule has 1 aromatic carbocycles. The molecule has 81 valence electrons. The molecule has 0 fully saturated rings. The standard InChI is InChI=1S/C12H17N2O/c13-12(14)8-4-7-11(9-15)10-5-2-1-3-6-10/h1-3,5-6,15H,4,7-9H2,(H3,13,14). The van der Waals surface area contributed by atoms with E-state index in [0.29, 0.717) is 6.42 Å². The maximum absolute atomic E-state index is 9.22. The molecule has 1 radical (unpaired) electrons. The van der Waals surface area contributed by atoms with Crippen LogP contribution in [0.4, 0.5) is 0 Å². The molecule has 4 N–H and O–H groups in total. The van der Waals surface area contributed by atoms with E-state index in [0.717, 1.165) is 24.3 Å². The summed E-state index contributed by atoms with van der Waals surface area (Å²) in [7, 11) is 0. The van der Waals surface area contributed by atoms with Crippen LogP contribution in [0.1, 0.15) is 24.8 Å². The molecule has 1 rings (SSSR count). The average Bonchev–Trinajstić information content (AvgIpc) is 2.25. The number of hydrogen-bond donors (Lipinski definition) is 3. The lowest BCUT2D eigenvalue weighted by Gasteiger charge is -2.13. The van der Waals surface area contributed by atoms with Gasteiger partial charge in [-0.15, -0.1) is 0 Å². The van der Waals surface area contributed by atoms with Gasteiger partial charge in [0.1, 0.15) is 0 Å². The molecule has 0 saturated carbocycles. The summed E-state index contributed by atoms with van der Waals surface area (Å²) in [6, 6.07) is 9.83. The van der Waals surface area contributed by atoms with Gasteiger partial charge in [0.25, 0.3) is 0 Å². The smallest absolute Gasteiger partial charge is 0.0905 e. The van der Waals surface area contributed by atoms with Crippen molar-refractivity contribution < 1.29 is 5.11 Å². The monoisotopic (exact) mass is 205 g/mol. The quantitative estimate of drug-likeness (QED) is 0.488. The molecule has 3 heteroatoms. The number of aliphatic hydroxyl groups excluding tert-OH is 1. The van der Waals surface area contributed by atoms with Gasteiger partial charge in [-0.25, -0.2) is 0 Å². The second kappa shape index (κ2) is 6.19. The molecule has 15 heavy (non-hydrogen) atoms. The van der Waals surface area contributed by atoms with E-state index in [4.69, 9.17) is 11.1 Å². The van der Waals surface area contributed by atoms with E-state index in [1.807, 2.05) is 30.3 Å². The molecule has 0 atom stereocenters. The van der Waals surface area contributed by atoms with Crippen LogP contribution in [0.15, 0.2) is 30.3 Å². The summed E-state index contributed by atoms with van der Waals surface area (Å²) in [5, 5.41) is 16.3. The molecule has 0 saturated heterocycles. The number of nitrogens with one attached hydrogen (secondary N) is 1. The van der Waals surface area contributed by atoms with Crippen molar-refractivity contribution in [3.63, 3.8) is 0 Å². The van der Waals surface area contributed by atoms with Crippen LogP contribution in [-0.2, 0) is 0 Å². The molecule has 0 aliphatic heterocycles. The van der Waals surface area contributed by atoms with Crippen LogP contribution in [-0.4, -0.2) is 17.5 Å². The highest BCUT2D eigenvalue weighted by atomic mass is 16.3. The van der Waals surface area contributed by atoms with Crippen LogP contribution in [0.5, 0.6) is 0 Å². The fourth-order valence-electron chi connectivity index (χ4n) is 1.48. The molecule has 0 aliphatic rings. The topological polar surface area (TPSA) is 70.1 Å².